The van der Waals surface area contributed by atoms with Gasteiger partial charge in [0, 0.05) is 50.1 Å². The van der Waals surface area contributed by atoms with Crippen LogP contribution in [0.25, 0.3) is 0 Å². The summed E-state index contributed by atoms with van der Waals surface area (Å²) in [6.07, 6.45) is 3.65. The molecule has 2 heterocycles. The van der Waals surface area contributed by atoms with Crippen molar-refractivity contribution < 1.29 is 34.1 Å². The Hall–Kier alpha value is -2.86. The number of benzene rings is 2. The van der Waals surface area contributed by atoms with E-state index in [4.69, 9.17) is 19.4 Å². The zero-order valence-electron chi connectivity index (χ0n) is 22.9. The number of carbonyl (C=O) groups is 2. The maximum absolute atomic E-state index is 12.5. The van der Waals surface area contributed by atoms with E-state index in [1.165, 1.54) is 0 Å². The Bertz CT molecular complexity index is 1080. The fourth-order valence-corrected chi connectivity index (χ4v) is 5.07. The van der Waals surface area contributed by atoms with E-state index in [0.29, 0.717) is 24.9 Å². The highest BCUT2D eigenvalue weighted by molar-refractivity contribution is 5.90. The molecule has 0 aliphatic carbocycles. The van der Waals surface area contributed by atoms with Crippen LogP contribution in [0.15, 0.2) is 48.5 Å². The summed E-state index contributed by atoms with van der Waals surface area (Å²) in [5, 5.41) is 20.9. The standard InChI is InChI=1S/C30H41N3O7/c34-21-22-10-12-23(13-11-22)27-19-26(20-33-14-16-38-17-15-33)39-30(40-27)24-6-5-7-25(18-24)31-28(35)8-3-1-2-4-9-29(36)32-37/h5-7,10-13,18,26-27,30,34,37H,1-4,8-9,14-17,19-21H2,(H,31,35)(H,32,36). The third-order valence-corrected chi connectivity index (χ3v) is 7.31. The number of unbranched alkanes of at least 4 members (excludes halogenated alkanes) is 3. The lowest BCUT2D eigenvalue weighted by Crippen LogP contribution is -2.44. The van der Waals surface area contributed by atoms with Crippen molar-refractivity contribution in [2.75, 3.05) is 38.2 Å². The van der Waals surface area contributed by atoms with Crippen LogP contribution >= 0.6 is 0 Å². The Morgan fingerprint density at radius 2 is 1.62 bits per heavy atom. The molecule has 10 heteroatoms. The molecule has 0 spiro atoms. The molecule has 2 aromatic rings. The van der Waals surface area contributed by atoms with Gasteiger partial charge in [-0.1, -0.05) is 49.2 Å². The molecule has 2 aliphatic heterocycles. The summed E-state index contributed by atoms with van der Waals surface area (Å²) in [5.41, 5.74) is 5.05. The minimum atomic E-state index is -0.588. The molecule has 40 heavy (non-hydrogen) atoms. The summed E-state index contributed by atoms with van der Waals surface area (Å²) < 4.78 is 18.4. The Balaban J connectivity index is 1.36. The SMILES string of the molecule is O=C(CCCCCCC(=O)Nc1cccc(C2OC(CN3CCOCC3)CC(c3ccc(CO)cc3)O2)c1)NO. The second-order valence-electron chi connectivity index (χ2n) is 10.4. The Labute approximate surface area is 235 Å². The van der Waals surface area contributed by atoms with Gasteiger partial charge < -0.3 is 24.6 Å². The van der Waals surface area contributed by atoms with Crippen molar-refractivity contribution in [3.05, 3.63) is 65.2 Å². The van der Waals surface area contributed by atoms with Crippen molar-refractivity contribution in [3.63, 3.8) is 0 Å². The van der Waals surface area contributed by atoms with E-state index in [2.05, 4.69) is 10.2 Å². The second kappa shape index (κ2) is 15.8. The van der Waals surface area contributed by atoms with Crippen molar-refractivity contribution in [3.8, 4) is 0 Å². The summed E-state index contributed by atoms with van der Waals surface area (Å²) >= 11 is 0. The van der Waals surface area contributed by atoms with Crippen LogP contribution in [0, 0.1) is 0 Å². The van der Waals surface area contributed by atoms with Crippen LogP contribution < -0.4 is 10.8 Å². The number of ether oxygens (including phenoxy) is 3. The molecule has 4 rings (SSSR count). The number of hydrogen-bond acceptors (Lipinski definition) is 8. The van der Waals surface area contributed by atoms with E-state index >= 15 is 0 Å². The van der Waals surface area contributed by atoms with Crippen LogP contribution in [0.3, 0.4) is 0 Å². The van der Waals surface area contributed by atoms with E-state index in [0.717, 1.165) is 68.8 Å². The van der Waals surface area contributed by atoms with Crippen LogP contribution in [0.4, 0.5) is 5.69 Å². The predicted octanol–water partition coefficient (Wildman–Crippen LogP) is 3.84. The predicted molar refractivity (Wildman–Crippen MR) is 148 cm³/mol. The van der Waals surface area contributed by atoms with Gasteiger partial charge in [-0.15, -0.1) is 0 Å². The topological polar surface area (TPSA) is 130 Å². The molecule has 0 saturated carbocycles. The second-order valence-corrected chi connectivity index (χ2v) is 10.4. The van der Waals surface area contributed by atoms with Crippen molar-refractivity contribution in [2.24, 2.45) is 0 Å². The van der Waals surface area contributed by atoms with Gasteiger partial charge in [0.2, 0.25) is 11.8 Å². The van der Waals surface area contributed by atoms with E-state index in [9.17, 15) is 14.7 Å². The van der Waals surface area contributed by atoms with Crippen LogP contribution in [0.2, 0.25) is 0 Å². The van der Waals surface area contributed by atoms with Crippen LogP contribution in [0.5, 0.6) is 0 Å². The lowest BCUT2D eigenvalue weighted by Gasteiger charge is -2.39. The summed E-state index contributed by atoms with van der Waals surface area (Å²) in [6.45, 7) is 3.98. The minimum absolute atomic E-state index is 0.000933. The number of aliphatic hydroxyl groups is 1. The zero-order valence-corrected chi connectivity index (χ0v) is 22.9. The number of carbonyl (C=O) groups excluding carboxylic acids is 2. The van der Waals surface area contributed by atoms with Crippen molar-refractivity contribution in [2.45, 2.75) is 70.1 Å². The lowest BCUT2D eigenvalue weighted by atomic mass is 9.99. The number of hydrogen-bond donors (Lipinski definition) is 4. The summed E-state index contributed by atoms with van der Waals surface area (Å²) in [5.74, 6) is -0.454. The minimum Gasteiger partial charge on any atom is -0.392 e. The average Bonchev–Trinajstić information content (AvgIpc) is 2.99. The van der Waals surface area contributed by atoms with E-state index < -0.39 is 6.29 Å². The highest BCUT2D eigenvalue weighted by atomic mass is 16.7. The molecule has 2 fully saturated rings. The van der Waals surface area contributed by atoms with Gasteiger partial charge in [0.15, 0.2) is 6.29 Å². The van der Waals surface area contributed by atoms with Gasteiger partial charge >= 0.3 is 0 Å². The summed E-state index contributed by atoms with van der Waals surface area (Å²) in [6, 6.07) is 15.4. The third kappa shape index (κ3) is 9.36. The highest BCUT2D eigenvalue weighted by Crippen LogP contribution is 2.38. The number of morpholine rings is 1. The molecule has 3 unspecified atom stereocenters. The van der Waals surface area contributed by atoms with E-state index in [1.807, 2.05) is 48.5 Å². The molecule has 0 radical (unpaired) electrons. The van der Waals surface area contributed by atoms with Gasteiger partial charge in [-0.2, -0.15) is 0 Å². The highest BCUT2D eigenvalue weighted by Gasteiger charge is 2.33. The zero-order chi connectivity index (χ0) is 28.2. The van der Waals surface area contributed by atoms with Gasteiger partial charge in [0.1, 0.15) is 0 Å². The summed E-state index contributed by atoms with van der Waals surface area (Å²) in [4.78, 5) is 26.0. The molecule has 0 bridgehead atoms. The average molecular weight is 556 g/mol. The monoisotopic (exact) mass is 555 g/mol. The van der Waals surface area contributed by atoms with Gasteiger partial charge in [0.25, 0.3) is 0 Å². The van der Waals surface area contributed by atoms with Gasteiger partial charge in [0.05, 0.1) is 32.0 Å². The third-order valence-electron chi connectivity index (χ3n) is 7.31. The normalized spacial score (nSPS) is 21.6. The number of rotatable bonds is 13. The van der Waals surface area contributed by atoms with Crippen molar-refractivity contribution in [1.29, 1.82) is 0 Å². The van der Waals surface area contributed by atoms with E-state index in [-0.39, 0.29) is 37.0 Å². The number of anilines is 1. The summed E-state index contributed by atoms with van der Waals surface area (Å²) in [7, 11) is 0. The number of aliphatic hydroxyl groups excluding tert-OH is 1. The number of amides is 2. The molecule has 2 aromatic carbocycles. The van der Waals surface area contributed by atoms with Crippen LogP contribution in [0.1, 0.15) is 74.0 Å². The fraction of sp³-hybridized carbons (Fsp3) is 0.533. The Morgan fingerprint density at radius 3 is 2.33 bits per heavy atom. The van der Waals surface area contributed by atoms with Crippen molar-refractivity contribution >= 4 is 17.5 Å². The first-order valence-corrected chi connectivity index (χ1v) is 14.2. The lowest BCUT2D eigenvalue weighted by molar-refractivity contribution is -0.253. The molecule has 3 atom stereocenters. The van der Waals surface area contributed by atoms with Crippen LogP contribution in [-0.4, -0.2) is 66.0 Å². The van der Waals surface area contributed by atoms with Crippen LogP contribution in [-0.2, 0) is 30.4 Å². The number of hydroxylamine groups is 1. The number of nitrogens with one attached hydrogen (secondary N) is 2. The fourth-order valence-electron chi connectivity index (χ4n) is 5.07. The molecule has 0 aromatic heterocycles. The van der Waals surface area contributed by atoms with Gasteiger partial charge in [-0.05, 0) is 36.1 Å². The van der Waals surface area contributed by atoms with E-state index in [1.54, 1.807) is 5.48 Å². The molecule has 218 valence electrons. The Morgan fingerprint density at radius 1 is 0.900 bits per heavy atom. The smallest absolute Gasteiger partial charge is 0.243 e. The first kappa shape index (κ1) is 30.1. The number of nitrogens with zero attached hydrogens (tertiary/aromatic N) is 1. The Kier molecular flexibility index (Phi) is 11.9. The first-order valence-electron chi connectivity index (χ1n) is 14.2. The quantitative estimate of drug-likeness (QED) is 0.167. The molecule has 2 amide bonds. The molecule has 2 saturated heterocycles. The first-order chi connectivity index (χ1) is 19.5. The van der Waals surface area contributed by atoms with Gasteiger partial charge in [-0.25, -0.2) is 5.48 Å². The van der Waals surface area contributed by atoms with Crippen molar-refractivity contribution in [1.82, 2.24) is 10.4 Å². The maximum Gasteiger partial charge on any atom is 0.243 e. The molecule has 4 N–H and O–H groups in total. The maximum atomic E-state index is 12.5. The van der Waals surface area contributed by atoms with Gasteiger partial charge in [-0.3, -0.25) is 19.7 Å². The molecular formula is C30H41N3O7. The molecule has 2 aliphatic rings. The largest absolute Gasteiger partial charge is 0.392 e. The molecule has 10 nitrogen and oxygen atoms in total. The molecular weight excluding hydrogens is 514 g/mol.